The Kier molecular flexibility index (Phi) is 4.45. The highest BCUT2D eigenvalue weighted by molar-refractivity contribution is 7.80. The summed E-state index contributed by atoms with van der Waals surface area (Å²) in [6.07, 6.45) is 0. The van der Waals surface area contributed by atoms with Gasteiger partial charge in [0.2, 0.25) is 0 Å². The van der Waals surface area contributed by atoms with E-state index in [1.54, 1.807) is 18.4 Å². The molecule has 0 saturated heterocycles. The molecular formula is C17H17N3OS2. The summed E-state index contributed by atoms with van der Waals surface area (Å²) in [6, 6.07) is 11.9. The number of nitrogens with one attached hydrogen (secondary N) is 2. The van der Waals surface area contributed by atoms with Crippen LogP contribution in [0.1, 0.15) is 11.1 Å². The SMILES string of the molecule is COc1cccc(NC(=S)Nc2nc3cc(C)c(C)cc3s2)c1. The number of hydrogen-bond donors (Lipinski definition) is 2. The summed E-state index contributed by atoms with van der Waals surface area (Å²) in [7, 11) is 1.64. The molecule has 4 nitrogen and oxygen atoms in total. The number of thiazole rings is 1. The van der Waals surface area contributed by atoms with E-state index in [1.165, 1.54) is 11.1 Å². The molecule has 3 aromatic rings. The standard InChI is InChI=1S/C17H17N3OS2/c1-10-7-14-15(8-11(10)2)23-17(19-14)20-16(22)18-12-5-4-6-13(9-12)21-3/h4-9H,1-3H3,(H2,18,19,20,22). The Labute approximate surface area is 144 Å². The zero-order valence-corrected chi connectivity index (χ0v) is 14.8. The molecule has 0 atom stereocenters. The lowest BCUT2D eigenvalue weighted by molar-refractivity contribution is 0.415. The fourth-order valence-electron chi connectivity index (χ4n) is 2.19. The first-order valence-electron chi connectivity index (χ1n) is 7.15. The number of aryl methyl sites for hydroxylation is 2. The number of methoxy groups -OCH3 is 1. The maximum Gasteiger partial charge on any atom is 0.190 e. The third kappa shape index (κ3) is 3.60. The van der Waals surface area contributed by atoms with E-state index >= 15 is 0 Å². The minimum absolute atomic E-state index is 0.505. The van der Waals surface area contributed by atoms with Crippen molar-refractivity contribution in [1.29, 1.82) is 0 Å². The molecule has 0 aliphatic rings. The van der Waals surface area contributed by atoms with E-state index in [2.05, 4.69) is 41.6 Å². The summed E-state index contributed by atoms with van der Waals surface area (Å²) in [5.41, 5.74) is 4.37. The quantitative estimate of drug-likeness (QED) is 0.673. The van der Waals surface area contributed by atoms with Crippen molar-refractivity contribution in [2.24, 2.45) is 0 Å². The van der Waals surface area contributed by atoms with Crippen LogP contribution in [0, 0.1) is 13.8 Å². The van der Waals surface area contributed by atoms with Gasteiger partial charge in [0.05, 0.1) is 17.3 Å². The van der Waals surface area contributed by atoms with Crippen LogP contribution >= 0.6 is 23.6 Å². The topological polar surface area (TPSA) is 46.2 Å². The Morgan fingerprint density at radius 3 is 2.70 bits per heavy atom. The maximum atomic E-state index is 5.36. The van der Waals surface area contributed by atoms with Crippen molar-refractivity contribution in [1.82, 2.24) is 4.98 Å². The highest BCUT2D eigenvalue weighted by atomic mass is 32.1. The predicted molar refractivity (Wildman–Crippen MR) is 102 cm³/mol. The van der Waals surface area contributed by atoms with E-state index in [0.717, 1.165) is 26.8 Å². The number of rotatable bonds is 3. The molecule has 0 aliphatic heterocycles. The van der Waals surface area contributed by atoms with Crippen LogP contribution in [0.15, 0.2) is 36.4 Å². The number of thiocarbonyl (C=S) groups is 1. The van der Waals surface area contributed by atoms with Gasteiger partial charge < -0.3 is 15.4 Å². The Morgan fingerprint density at radius 2 is 1.91 bits per heavy atom. The van der Waals surface area contributed by atoms with Gasteiger partial charge >= 0.3 is 0 Å². The van der Waals surface area contributed by atoms with Gasteiger partial charge in [0.15, 0.2) is 10.2 Å². The summed E-state index contributed by atoms with van der Waals surface area (Å²) in [4.78, 5) is 4.59. The lowest BCUT2D eigenvalue weighted by Crippen LogP contribution is -2.18. The predicted octanol–water partition coefficient (Wildman–Crippen LogP) is 4.73. The van der Waals surface area contributed by atoms with Crippen LogP contribution in [0.4, 0.5) is 10.8 Å². The van der Waals surface area contributed by atoms with Crippen molar-refractivity contribution < 1.29 is 4.74 Å². The van der Waals surface area contributed by atoms with Gasteiger partial charge in [-0.3, -0.25) is 0 Å². The molecule has 0 aliphatic carbocycles. The van der Waals surface area contributed by atoms with Crippen molar-refractivity contribution in [3.05, 3.63) is 47.5 Å². The molecule has 23 heavy (non-hydrogen) atoms. The lowest BCUT2D eigenvalue weighted by Gasteiger charge is -2.09. The fourth-order valence-corrected chi connectivity index (χ4v) is 3.42. The van der Waals surface area contributed by atoms with E-state index < -0.39 is 0 Å². The molecule has 2 aromatic carbocycles. The average Bonchev–Trinajstić information content (AvgIpc) is 2.88. The largest absolute Gasteiger partial charge is 0.497 e. The molecule has 0 amide bonds. The molecular weight excluding hydrogens is 326 g/mol. The molecule has 2 N–H and O–H groups in total. The van der Waals surface area contributed by atoms with Crippen LogP contribution < -0.4 is 15.4 Å². The molecule has 0 radical (unpaired) electrons. The van der Waals surface area contributed by atoms with E-state index in [4.69, 9.17) is 17.0 Å². The summed E-state index contributed by atoms with van der Waals surface area (Å²) >= 11 is 6.95. The van der Waals surface area contributed by atoms with Gasteiger partial charge in [0, 0.05) is 11.8 Å². The number of hydrogen-bond acceptors (Lipinski definition) is 4. The zero-order chi connectivity index (χ0) is 16.4. The monoisotopic (exact) mass is 343 g/mol. The number of aromatic nitrogens is 1. The Balaban J connectivity index is 1.74. The van der Waals surface area contributed by atoms with Crippen molar-refractivity contribution in [3.63, 3.8) is 0 Å². The summed E-state index contributed by atoms with van der Waals surface area (Å²) in [6.45, 7) is 4.20. The summed E-state index contributed by atoms with van der Waals surface area (Å²) in [5.74, 6) is 0.781. The third-order valence-corrected chi connectivity index (χ3v) is 4.69. The molecule has 118 valence electrons. The number of ether oxygens (including phenoxy) is 1. The van der Waals surface area contributed by atoms with Gasteiger partial charge in [-0.25, -0.2) is 4.98 Å². The summed E-state index contributed by atoms with van der Waals surface area (Å²) in [5, 5.41) is 7.57. The Morgan fingerprint density at radius 1 is 1.13 bits per heavy atom. The van der Waals surface area contributed by atoms with Crippen LogP contribution in [0.5, 0.6) is 5.75 Å². The first-order chi connectivity index (χ1) is 11.0. The van der Waals surface area contributed by atoms with Crippen LogP contribution in [0.25, 0.3) is 10.2 Å². The van der Waals surface area contributed by atoms with Crippen LogP contribution in [-0.4, -0.2) is 17.2 Å². The zero-order valence-electron chi connectivity index (χ0n) is 13.1. The lowest BCUT2D eigenvalue weighted by atomic mass is 10.1. The van der Waals surface area contributed by atoms with Crippen LogP contribution in [0.2, 0.25) is 0 Å². The van der Waals surface area contributed by atoms with Crippen molar-refractivity contribution in [2.45, 2.75) is 13.8 Å². The second-order valence-electron chi connectivity index (χ2n) is 5.23. The normalized spacial score (nSPS) is 10.6. The highest BCUT2D eigenvalue weighted by Gasteiger charge is 2.07. The second kappa shape index (κ2) is 6.52. The first kappa shape index (κ1) is 15.7. The maximum absolute atomic E-state index is 5.36. The van der Waals surface area contributed by atoms with Crippen LogP contribution in [-0.2, 0) is 0 Å². The van der Waals surface area contributed by atoms with E-state index in [1.807, 2.05) is 24.3 Å². The smallest absolute Gasteiger partial charge is 0.190 e. The van der Waals surface area contributed by atoms with Crippen molar-refractivity contribution >= 4 is 49.7 Å². The number of anilines is 2. The van der Waals surface area contributed by atoms with Gasteiger partial charge in [0.1, 0.15) is 5.75 Å². The Hall–Kier alpha value is -2.18. The third-order valence-electron chi connectivity index (χ3n) is 3.55. The first-order valence-corrected chi connectivity index (χ1v) is 8.37. The molecule has 1 heterocycles. The van der Waals surface area contributed by atoms with Gasteiger partial charge in [-0.1, -0.05) is 17.4 Å². The van der Waals surface area contributed by atoms with Gasteiger partial charge in [-0.15, -0.1) is 0 Å². The summed E-state index contributed by atoms with van der Waals surface area (Å²) < 4.78 is 6.36. The minimum atomic E-state index is 0.505. The van der Waals surface area contributed by atoms with E-state index in [9.17, 15) is 0 Å². The van der Waals surface area contributed by atoms with E-state index in [0.29, 0.717) is 5.11 Å². The number of benzene rings is 2. The molecule has 0 unspecified atom stereocenters. The molecule has 0 spiro atoms. The van der Waals surface area contributed by atoms with Gasteiger partial charge in [-0.05, 0) is 61.5 Å². The Bertz CT molecular complexity index is 834. The molecule has 6 heteroatoms. The molecule has 0 bridgehead atoms. The second-order valence-corrected chi connectivity index (χ2v) is 6.67. The van der Waals surface area contributed by atoms with Crippen molar-refractivity contribution in [3.8, 4) is 5.75 Å². The molecule has 3 rings (SSSR count). The molecule has 0 saturated carbocycles. The minimum Gasteiger partial charge on any atom is -0.497 e. The highest BCUT2D eigenvalue weighted by Crippen LogP contribution is 2.28. The number of fused-ring (bicyclic) bond motifs is 1. The van der Waals surface area contributed by atoms with Crippen molar-refractivity contribution in [2.75, 3.05) is 17.7 Å². The fraction of sp³-hybridized carbons (Fsp3) is 0.176. The average molecular weight is 343 g/mol. The molecule has 0 fully saturated rings. The number of nitrogens with zero attached hydrogens (tertiary/aromatic N) is 1. The van der Waals surface area contributed by atoms with Gasteiger partial charge in [-0.2, -0.15) is 0 Å². The molecule has 1 aromatic heterocycles. The van der Waals surface area contributed by atoms with Gasteiger partial charge in [0.25, 0.3) is 0 Å². The van der Waals surface area contributed by atoms with Crippen LogP contribution in [0.3, 0.4) is 0 Å². The van der Waals surface area contributed by atoms with E-state index in [-0.39, 0.29) is 0 Å².